The van der Waals surface area contributed by atoms with Crippen molar-refractivity contribution in [3.63, 3.8) is 0 Å². The van der Waals surface area contributed by atoms with Crippen molar-refractivity contribution in [2.75, 3.05) is 48.8 Å². The number of benzene rings is 3. The van der Waals surface area contributed by atoms with Crippen LogP contribution in [0.1, 0.15) is 49.7 Å². The predicted octanol–water partition coefficient (Wildman–Crippen LogP) is 7.19. The van der Waals surface area contributed by atoms with E-state index >= 15 is 0 Å². The molecule has 1 aliphatic heterocycles. The fourth-order valence-electron chi connectivity index (χ4n) is 8.25. The Morgan fingerprint density at radius 2 is 1.78 bits per heavy atom. The lowest BCUT2D eigenvalue weighted by Crippen LogP contribution is -2.43. The van der Waals surface area contributed by atoms with Gasteiger partial charge < -0.3 is 35.3 Å². The second-order valence-corrected chi connectivity index (χ2v) is 17.9. The van der Waals surface area contributed by atoms with Crippen LogP contribution in [0.25, 0.3) is 39.0 Å². The molecule has 0 unspecified atom stereocenters. The molecule has 4 N–H and O–H groups in total. The minimum Gasteiger partial charge on any atom is -0.457 e. The van der Waals surface area contributed by atoms with Gasteiger partial charge in [-0.25, -0.2) is 19.6 Å². The zero-order chi connectivity index (χ0) is 44.9. The molecule has 6 heterocycles. The Balaban J connectivity index is 1.01. The molecule has 1 atom stereocenters. The maximum Gasteiger partial charge on any atom is 0.251 e. The van der Waals surface area contributed by atoms with E-state index in [1.807, 2.05) is 76.1 Å². The Morgan fingerprint density at radius 1 is 1.03 bits per heavy atom. The lowest BCUT2D eigenvalue weighted by atomic mass is 10.0. The lowest BCUT2D eigenvalue weighted by molar-refractivity contribution is -0.128. The van der Waals surface area contributed by atoms with Gasteiger partial charge in [0.25, 0.3) is 5.91 Å². The summed E-state index contributed by atoms with van der Waals surface area (Å²) in [6.45, 7) is 13.5. The number of hydrogen-bond acceptors (Lipinski definition) is 13. The number of hydrogen-bond donors (Lipinski definition) is 3. The number of aromatic amines is 1. The number of amides is 1. The SMILES string of the molecule is C=C(CN(Cc1nc2cc(C)c(C)cc2[nH]1)c1nc(N(C)CC(C)(C)O)nc2c(Br)cnn12)C(=O)N1CCC[C@@H](n2nc(-c3ccc(Oc4ccccc4)cc3)c3c(N)ncnc32)C1. The Hall–Kier alpha value is -6.92. The number of carbonyl (C=O) groups excluding carboxylic acids is 1. The zero-order valence-electron chi connectivity index (χ0n) is 36.3. The summed E-state index contributed by atoms with van der Waals surface area (Å²) in [7, 11) is 1.82. The van der Waals surface area contributed by atoms with Crippen LogP contribution in [-0.2, 0) is 11.3 Å². The number of likely N-dealkylation sites (N-methyl/N-ethyl adjacent to an activating group) is 1. The quantitative estimate of drug-likeness (QED) is 0.0984. The Labute approximate surface area is 377 Å². The predicted molar refractivity (Wildman–Crippen MR) is 250 cm³/mol. The summed E-state index contributed by atoms with van der Waals surface area (Å²) < 4.78 is 10.2. The van der Waals surface area contributed by atoms with E-state index in [1.54, 1.807) is 29.5 Å². The minimum absolute atomic E-state index is 0.0932. The third kappa shape index (κ3) is 8.57. The van der Waals surface area contributed by atoms with Gasteiger partial charge in [-0.15, -0.1) is 0 Å². The number of ether oxygens (including phenoxy) is 1. The van der Waals surface area contributed by atoms with Crippen molar-refractivity contribution >= 4 is 67.3 Å². The Kier molecular flexibility index (Phi) is 11.2. The number of H-pyrrole nitrogens is 1. The van der Waals surface area contributed by atoms with Crippen molar-refractivity contribution in [2.45, 2.75) is 58.7 Å². The highest BCUT2D eigenvalue weighted by molar-refractivity contribution is 9.10. The molecule has 17 nitrogen and oxygen atoms in total. The van der Waals surface area contributed by atoms with Crippen LogP contribution in [0.5, 0.6) is 11.5 Å². The molecule has 5 aromatic heterocycles. The van der Waals surface area contributed by atoms with Crippen LogP contribution in [0.2, 0.25) is 0 Å². The number of halogens is 1. The molecule has 1 amide bonds. The highest BCUT2D eigenvalue weighted by atomic mass is 79.9. The summed E-state index contributed by atoms with van der Waals surface area (Å²) in [5, 5.41) is 21.1. The van der Waals surface area contributed by atoms with Crippen molar-refractivity contribution < 1.29 is 14.6 Å². The molecule has 9 rings (SSSR count). The zero-order valence-corrected chi connectivity index (χ0v) is 37.9. The third-order valence-electron chi connectivity index (χ3n) is 11.4. The molecular formula is C46H49BrN14O3. The standard InChI is InChI=1S/C46H49BrN14O3/c1-27-19-35-36(20-28(27)2)53-37(52-35)24-59(45-55-44(57(6)25-46(4,5)63)54-41-34(47)21-51-61(41)45)22-29(3)43(62)58-18-10-11-31(23-58)60-42-38(40(48)49-26-50-42)39(56-60)30-14-16-33(17-15-30)64-32-12-8-7-9-13-32/h7-9,12-17,19-21,26,31,63H,3,10-11,18,22-25H2,1-2,4-6H3,(H,52,53)(H2,48,49,50)/t31-/m1/s1. The normalized spacial score (nSPS) is 14.4. The van der Waals surface area contributed by atoms with E-state index in [9.17, 15) is 9.90 Å². The summed E-state index contributed by atoms with van der Waals surface area (Å²) in [5.74, 6) is 3.00. The number of nitrogens with two attached hydrogens (primary N) is 1. The molecule has 0 saturated carbocycles. The first kappa shape index (κ1) is 42.4. The second-order valence-electron chi connectivity index (χ2n) is 17.1. The van der Waals surface area contributed by atoms with Crippen molar-refractivity contribution in [1.82, 2.24) is 54.2 Å². The number of carbonyl (C=O) groups is 1. The molecule has 8 aromatic rings. The average Bonchev–Trinajstić information content (AvgIpc) is 3.98. The number of fused-ring (bicyclic) bond motifs is 3. The van der Waals surface area contributed by atoms with E-state index in [1.165, 1.54) is 6.33 Å². The van der Waals surface area contributed by atoms with Gasteiger partial charge in [0.05, 0.1) is 51.8 Å². The molecule has 1 aliphatic rings. The number of rotatable bonds is 13. The van der Waals surface area contributed by atoms with E-state index < -0.39 is 5.60 Å². The third-order valence-corrected chi connectivity index (χ3v) is 11.9. The first-order valence-electron chi connectivity index (χ1n) is 21.0. The average molecular weight is 926 g/mol. The Bertz CT molecular complexity index is 2990. The molecule has 1 saturated heterocycles. The first-order valence-corrected chi connectivity index (χ1v) is 21.8. The van der Waals surface area contributed by atoms with Crippen molar-refractivity contribution in [1.29, 1.82) is 0 Å². The van der Waals surface area contributed by atoms with Gasteiger partial charge in [0, 0.05) is 37.8 Å². The largest absolute Gasteiger partial charge is 0.457 e. The molecule has 64 heavy (non-hydrogen) atoms. The van der Waals surface area contributed by atoms with Crippen molar-refractivity contribution in [3.8, 4) is 22.8 Å². The van der Waals surface area contributed by atoms with Gasteiger partial charge in [-0.05, 0) is 116 Å². The number of aliphatic hydroxyl groups is 1. The fourth-order valence-corrected chi connectivity index (χ4v) is 8.59. The number of likely N-dealkylation sites (tertiary alicyclic amines) is 1. The van der Waals surface area contributed by atoms with Crippen LogP contribution in [-0.4, -0.2) is 104 Å². The number of para-hydroxylation sites is 1. The number of imidazole rings is 1. The summed E-state index contributed by atoms with van der Waals surface area (Å²) >= 11 is 3.61. The monoisotopic (exact) mass is 924 g/mol. The van der Waals surface area contributed by atoms with E-state index in [0.29, 0.717) is 74.8 Å². The van der Waals surface area contributed by atoms with Gasteiger partial charge in [-0.1, -0.05) is 24.8 Å². The topological polar surface area (TPSA) is 198 Å². The van der Waals surface area contributed by atoms with Crippen LogP contribution >= 0.6 is 15.9 Å². The van der Waals surface area contributed by atoms with Crippen molar-refractivity contribution in [3.05, 3.63) is 113 Å². The summed E-state index contributed by atoms with van der Waals surface area (Å²) in [6.07, 6.45) is 4.60. The number of anilines is 3. The maximum absolute atomic E-state index is 14.6. The smallest absolute Gasteiger partial charge is 0.251 e. The van der Waals surface area contributed by atoms with Gasteiger partial charge in [0.1, 0.15) is 35.2 Å². The van der Waals surface area contributed by atoms with E-state index in [-0.39, 0.29) is 31.6 Å². The van der Waals surface area contributed by atoms with Crippen LogP contribution in [0.15, 0.2) is 95.9 Å². The number of nitrogens with one attached hydrogen (secondary N) is 1. The summed E-state index contributed by atoms with van der Waals surface area (Å²) in [5.41, 5.74) is 12.5. The molecule has 0 aliphatic carbocycles. The molecule has 0 spiro atoms. The highest BCUT2D eigenvalue weighted by Gasteiger charge is 2.31. The molecule has 0 bridgehead atoms. The molecule has 3 aromatic carbocycles. The van der Waals surface area contributed by atoms with Crippen LogP contribution in [0.4, 0.5) is 17.7 Å². The van der Waals surface area contributed by atoms with Crippen LogP contribution in [0.3, 0.4) is 0 Å². The Morgan fingerprint density at radius 3 is 2.55 bits per heavy atom. The maximum atomic E-state index is 14.6. The molecule has 0 radical (unpaired) electrons. The van der Waals surface area contributed by atoms with E-state index in [2.05, 4.69) is 68.5 Å². The van der Waals surface area contributed by atoms with Gasteiger partial charge in [0.15, 0.2) is 11.3 Å². The second kappa shape index (κ2) is 17.0. The summed E-state index contributed by atoms with van der Waals surface area (Å²) in [4.78, 5) is 47.4. The van der Waals surface area contributed by atoms with E-state index in [4.69, 9.17) is 30.5 Å². The molecule has 1 fully saturated rings. The number of aryl methyl sites for hydroxylation is 2. The first-order chi connectivity index (χ1) is 30.7. The van der Waals surface area contributed by atoms with Crippen LogP contribution < -0.4 is 20.3 Å². The van der Waals surface area contributed by atoms with Crippen molar-refractivity contribution in [2.24, 2.45) is 0 Å². The van der Waals surface area contributed by atoms with Gasteiger partial charge in [0.2, 0.25) is 11.9 Å². The molecule has 18 heteroatoms. The van der Waals surface area contributed by atoms with Gasteiger partial charge in [-0.2, -0.15) is 24.7 Å². The number of nitrogen functional groups attached to an aromatic ring is 1. The number of aromatic nitrogens is 10. The van der Waals surface area contributed by atoms with Gasteiger partial charge >= 0.3 is 0 Å². The summed E-state index contributed by atoms with van der Waals surface area (Å²) in [6, 6.07) is 21.2. The molecule has 328 valence electrons. The van der Waals surface area contributed by atoms with E-state index in [0.717, 1.165) is 46.3 Å². The van der Waals surface area contributed by atoms with Gasteiger partial charge in [-0.3, -0.25) is 4.79 Å². The highest BCUT2D eigenvalue weighted by Crippen LogP contribution is 2.35. The fraction of sp³-hybridized carbons (Fsp3) is 0.304. The van der Waals surface area contributed by atoms with Crippen LogP contribution in [0, 0.1) is 13.8 Å². The number of piperidine rings is 1. The number of nitrogens with zero attached hydrogens (tertiary/aromatic N) is 12. The minimum atomic E-state index is -1.02. The molecular weight excluding hydrogens is 877 g/mol. The lowest BCUT2D eigenvalue weighted by Gasteiger charge is -2.34.